The van der Waals surface area contributed by atoms with Gasteiger partial charge in [0.2, 0.25) is 5.75 Å². The number of aliphatic hydroxyl groups excluding tert-OH is 1. The fourth-order valence-corrected chi connectivity index (χ4v) is 4.55. The monoisotopic (exact) mass is 500 g/mol. The number of ether oxygens (including phenoxy) is 4. The molecule has 2 aromatic carbocycles. The lowest BCUT2D eigenvalue weighted by molar-refractivity contribution is -0.140. The minimum Gasteiger partial charge on any atom is -0.507 e. The van der Waals surface area contributed by atoms with Crippen LogP contribution in [-0.2, 0) is 14.3 Å². The van der Waals surface area contributed by atoms with E-state index < -0.39 is 23.5 Å². The summed E-state index contributed by atoms with van der Waals surface area (Å²) in [6.45, 7) is 3.39. The lowest BCUT2D eigenvalue weighted by Gasteiger charge is -2.31. The fourth-order valence-electron chi connectivity index (χ4n) is 4.55. The van der Waals surface area contributed by atoms with Crippen LogP contribution in [-0.4, -0.2) is 87.3 Å². The zero-order chi connectivity index (χ0) is 25.8. The number of hydrogen-bond donors (Lipinski definition) is 1. The molecule has 0 aliphatic carbocycles. The molecule has 0 bridgehead atoms. The van der Waals surface area contributed by atoms with Crippen molar-refractivity contribution in [1.82, 2.24) is 9.80 Å². The van der Waals surface area contributed by atoms with Gasteiger partial charge in [0, 0.05) is 31.7 Å². The first-order valence-corrected chi connectivity index (χ1v) is 11.5. The van der Waals surface area contributed by atoms with Crippen LogP contribution in [0.1, 0.15) is 17.2 Å². The van der Waals surface area contributed by atoms with E-state index in [0.717, 1.165) is 0 Å². The maximum atomic E-state index is 13.5. The molecule has 1 atom stereocenters. The maximum absolute atomic E-state index is 13.5. The lowest BCUT2D eigenvalue weighted by atomic mass is 9.94. The molecule has 36 heavy (non-hydrogen) atoms. The smallest absolute Gasteiger partial charge is 0.295 e. The molecule has 0 spiro atoms. The summed E-state index contributed by atoms with van der Waals surface area (Å²) in [6.07, 6.45) is 0. The standard InChI is InChI=1S/C26H29FN2O7/c1-33-19-14-17(15-20(34-2)25(19)35-3)22-21(23(30)16-4-6-18(27)7-5-16)24(31)26(32)29(22)9-8-28-10-12-36-13-11-28/h4-7,14-15,22,30H,8-13H2,1-3H3/b23-21-. The Bertz CT molecular complexity index is 1130. The number of ketones is 1. The third-order valence-corrected chi connectivity index (χ3v) is 6.42. The molecule has 10 heteroatoms. The molecule has 0 saturated carbocycles. The molecule has 2 heterocycles. The highest BCUT2D eigenvalue weighted by Crippen LogP contribution is 2.45. The predicted octanol–water partition coefficient (Wildman–Crippen LogP) is 2.61. The summed E-state index contributed by atoms with van der Waals surface area (Å²) in [5, 5.41) is 11.2. The summed E-state index contributed by atoms with van der Waals surface area (Å²) in [7, 11) is 4.41. The summed E-state index contributed by atoms with van der Waals surface area (Å²) in [4.78, 5) is 30.1. The number of benzene rings is 2. The fraction of sp³-hybridized carbons (Fsp3) is 0.385. The van der Waals surface area contributed by atoms with Crippen LogP contribution in [0.15, 0.2) is 42.0 Å². The van der Waals surface area contributed by atoms with Crippen molar-refractivity contribution >= 4 is 17.4 Å². The summed E-state index contributed by atoms with van der Waals surface area (Å²) >= 11 is 0. The Morgan fingerprint density at radius 1 is 1.00 bits per heavy atom. The van der Waals surface area contributed by atoms with Gasteiger partial charge in [-0.2, -0.15) is 0 Å². The van der Waals surface area contributed by atoms with Gasteiger partial charge in [-0.1, -0.05) is 0 Å². The summed E-state index contributed by atoms with van der Waals surface area (Å²) in [5.74, 6) is -1.39. The average molecular weight is 501 g/mol. The summed E-state index contributed by atoms with van der Waals surface area (Å²) < 4.78 is 35.3. The molecular formula is C26H29FN2O7. The largest absolute Gasteiger partial charge is 0.507 e. The predicted molar refractivity (Wildman–Crippen MR) is 129 cm³/mol. The van der Waals surface area contributed by atoms with E-state index in [0.29, 0.717) is 55.7 Å². The van der Waals surface area contributed by atoms with Crippen molar-refractivity contribution in [2.45, 2.75) is 6.04 Å². The molecule has 2 saturated heterocycles. The van der Waals surface area contributed by atoms with Crippen LogP contribution in [0.25, 0.3) is 5.76 Å². The highest BCUT2D eigenvalue weighted by atomic mass is 19.1. The molecule has 1 unspecified atom stereocenters. The van der Waals surface area contributed by atoms with E-state index in [1.165, 1.54) is 50.5 Å². The first kappa shape index (κ1) is 25.5. The molecule has 2 aliphatic rings. The van der Waals surface area contributed by atoms with Crippen LogP contribution in [0.4, 0.5) is 4.39 Å². The van der Waals surface area contributed by atoms with Crippen LogP contribution in [0.5, 0.6) is 17.2 Å². The minimum absolute atomic E-state index is 0.0946. The third kappa shape index (κ3) is 4.87. The van der Waals surface area contributed by atoms with Gasteiger partial charge in [0.05, 0.1) is 46.2 Å². The van der Waals surface area contributed by atoms with Crippen molar-refractivity contribution in [3.8, 4) is 17.2 Å². The van der Waals surface area contributed by atoms with Crippen molar-refractivity contribution in [1.29, 1.82) is 0 Å². The van der Waals surface area contributed by atoms with Crippen molar-refractivity contribution in [2.75, 3.05) is 60.7 Å². The normalized spacial score (nSPS) is 20.0. The van der Waals surface area contributed by atoms with Crippen LogP contribution >= 0.6 is 0 Å². The SMILES string of the molecule is COc1cc(C2/C(=C(/O)c3ccc(F)cc3)C(=O)C(=O)N2CCN2CCOCC2)cc(OC)c1OC. The zero-order valence-corrected chi connectivity index (χ0v) is 20.5. The van der Waals surface area contributed by atoms with Crippen molar-refractivity contribution in [3.05, 3.63) is 58.9 Å². The molecule has 2 aromatic rings. The van der Waals surface area contributed by atoms with Crippen LogP contribution < -0.4 is 14.2 Å². The minimum atomic E-state index is -0.926. The highest BCUT2D eigenvalue weighted by molar-refractivity contribution is 6.46. The van der Waals surface area contributed by atoms with E-state index in [4.69, 9.17) is 18.9 Å². The van der Waals surface area contributed by atoms with E-state index in [-0.39, 0.29) is 23.4 Å². The lowest BCUT2D eigenvalue weighted by Crippen LogP contribution is -2.42. The van der Waals surface area contributed by atoms with Crippen LogP contribution in [0.2, 0.25) is 0 Å². The second kappa shape index (κ2) is 11.0. The Morgan fingerprint density at radius 3 is 2.17 bits per heavy atom. The molecule has 4 rings (SSSR count). The molecular weight excluding hydrogens is 471 g/mol. The first-order valence-electron chi connectivity index (χ1n) is 11.5. The van der Waals surface area contributed by atoms with Crippen molar-refractivity contribution < 1.29 is 38.0 Å². The number of aliphatic hydroxyl groups is 1. The molecule has 0 aromatic heterocycles. The zero-order valence-electron chi connectivity index (χ0n) is 20.5. The van der Waals surface area contributed by atoms with E-state index in [1.54, 1.807) is 12.1 Å². The van der Waals surface area contributed by atoms with Gasteiger partial charge >= 0.3 is 0 Å². The molecule has 9 nitrogen and oxygen atoms in total. The molecule has 0 radical (unpaired) electrons. The number of hydrogen-bond acceptors (Lipinski definition) is 8. The number of methoxy groups -OCH3 is 3. The third-order valence-electron chi connectivity index (χ3n) is 6.42. The number of nitrogens with zero attached hydrogens (tertiary/aromatic N) is 2. The number of morpholine rings is 1. The van der Waals surface area contributed by atoms with E-state index in [2.05, 4.69) is 4.90 Å². The van der Waals surface area contributed by atoms with Crippen LogP contribution in [0.3, 0.4) is 0 Å². The Balaban J connectivity index is 1.83. The molecule has 2 fully saturated rings. The van der Waals surface area contributed by atoms with Gasteiger partial charge in [0.25, 0.3) is 11.7 Å². The number of likely N-dealkylation sites (tertiary alicyclic amines) is 1. The van der Waals surface area contributed by atoms with Gasteiger partial charge in [-0.05, 0) is 42.0 Å². The molecule has 1 N–H and O–H groups in total. The summed E-state index contributed by atoms with van der Waals surface area (Å²) in [5.41, 5.74) is 0.622. The van der Waals surface area contributed by atoms with Gasteiger partial charge < -0.3 is 29.0 Å². The maximum Gasteiger partial charge on any atom is 0.295 e. The second-order valence-electron chi connectivity index (χ2n) is 8.41. The molecule has 1 amide bonds. The summed E-state index contributed by atoms with van der Waals surface area (Å²) in [6, 6.07) is 7.45. The number of halogens is 1. The van der Waals surface area contributed by atoms with Gasteiger partial charge in [-0.3, -0.25) is 14.5 Å². The first-order chi connectivity index (χ1) is 17.4. The number of carbonyl (C=O) groups is 2. The number of Topliss-reactive ketones (excluding diaryl/α,β-unsaturated/α-hetero) is 1. The van der Waals surface area contributed by atoms with Gasteiger partial charge in [-0.25, -0.2) is 4.39 Å². The van der Waals surface area contributed by atoms with Gasteiger partial charge in [0.15, 0.2) is 11.5 Å². The Kier molecular flexibility index (Phi) is 7.76. The Hall–Kier alpha value is -3.63. The highest BCUT2D eigenvalue weighted by Gasteiger charge is 2.46. The van der Waals surface area contributed by atoms with Crippen LogP contribution in [0, 0.1) is 5.82 Å². The topological polar surface area (TPSA) is 97.8 Å². The second-order valence-corrected chi connectivity index (χ2v) is 8.41. The van der Waals surface area contributed by atoms with Crippen molar-refractivity contribution in [3.63, 3.8) is 0 Å². The number of carbonyl (C=O) groups excluding carboxylic acids is 2. The molecule has 192 valence electrons. The quantitative estimate of drug-likeness (QED) is 0.336. The van der Waals surface area contributed by atoms with Gasteiger partial charge in [0.1, 0.15) is 11.6 Å². The molecule has 2 aliphatic heterocycles. The van der Waals surface area contributed by atoms with E-state index in [1.807, 2.05) is 0 Å². The number of rotatable bonds is 8. The van der Waals surface area contributed by atoms with E-state index >= 15 is 0 Å². The van der Waals surface area contributed by atoms with E-state index in [9.17, 15) is 19.1 Å². The number of amides is 1. The Labute approximate surface area is 208 Å². The average Bonchev–Trinajstić information content (AvgIpc) is 3.16. The Morgan fingerprint density at radius 2 is 1.61 bits per heavy atom. The van der Waals surface area contributed by atoms with Gasteiger partial charge in [-0.15, -0.1) is 0 Å². The van der Waals surface area contributed by atoms with Crippen molar-refractivity contribution in [2.24, 2.45) is 0 Å².